The van der Waals surface area contributed by atoms with E-state index >= 15 is 0 Å². The number of amides is 2. The predicted molar refractivity (Wildman–Crippen MR) is 89.3 cm³/mol. The van der Waals surface area contributed by atoms with Gasteiger partial charge in [-0.3, -0.25) is 0 Å². The van der Waals surface area contributed by atoms with Crippen LogP contribution in [0.25, 0.3) is 0 Å². The van der Waals surface area contributed by atoms with E-state index < -0.39 is 12.0 Å². The summed E-state index contributed by atoms with van der Waals surface area (Å²) in [4.78, 5) is 23.5. The average molecular weight is 318 g/mol. The summed E-state index contributed by atoms with van der Waals surface area (Å²) in [6.07, 6.45) is 8.19. The van der Waals surface area contributed by atoms with E-state index in [1.807, 2.05) is 30.3 Å². The molecule has 23 heavy (non-hydrogen) atoms. The minimum absolute atomic E-state index is 0.154. The van der Waals surface area contributed by atoms with Crippen LogP contribution in [0, 0.1) is 0 Å². The molecule has 1 aliphatic rings. The van der Waals surface area contributed by atoms with Gasteiger partial charge in [-0.1, -0.05) is 62.4 Å². The van der Waals surface area contributed by atoms with Gasteiger partial charge in [-0.2, -0.15) is 0 Å². The van der Waals surface area contributed by atoms with Gasteiger partial charge in [-0.15, -0.1) is 0 Å². The predicted octanol–water partition coefficient (Wildman–Crippen LogP) is 3.09. The van der Waals surface area contributed by atoms with Crippen LogP contribution in [0.4, 0.5) is 4.79 Å². The second-order valence-corrected chi connectivity index (χ2v) is 6.24. The van der Waals surface area contributed by atoms with Crippen LogP contribution in [0.2, 0.25) is 0 Å². The molecular formula is C18H26N2O3. The summed E-state index contributed by atoms with van der Waals surface area (Å²) in [6, 6.07) is 8.21. The van der Waals surface area contributed by atoms with Gasteiger partial charge >= 0.3 is 12.0 Å². The molecule has 1 unspecified atom stereocenters. The third-order valence-corrected chi connectivity index (χ3v) is 4.33. The first kappa shape index (κ1) is 17.3. The molecule has 5 nitrogen and oxygen atoms in total. The van der Waals surface area contributed by atoms with Crippen LogP contribution in [-0.4, -0.2) is 29.2 Å². The zero-order valence-electron chi connectivity index (χ0n) is 13.5. The van der Waals surface area contributed by atoms with Gasteiger partial charge in [0.05, 0.1) is 0 Å². The molecule has 1 aliphatic carbocycles. The van der Waals surface area contributed by atoms with Gasteiger partial charge in [0, 0.05) is 12.5 Å². The molecule has 126 valence electrons. The van der Waals surface area contributed by atoms with Gasteiger partial charge in [0.15, 0.2) is 0 Å². The molecule has 0 aromatic heterocycles. The number of carboxylic acids is 1. The normalized spacial score (nSPS) is 17.6. The highest BCUT2D eigenvalue weighted by atomic mass is 16.4. The summed E-state index contributed by atoms with van der Waals surface area (Å²) in [7, 11) is 0. The van der Waals surface area contributed by atoms with E-state index in [1.165, 1.54) is 19.3 Å². The van der Waals surface area contributed by atoms with Crippen molar-refractivity contribution in [2.24, 2.45) is 0 Å². The Morgan fingerprint density at radius 2 is 1.65 bits per heavy atom. The van der Waals surface area contributed by atoms with E-state index in [0.29, 0.717) is 0 Å². The van der Waals surface area contributed by atoms with Crippen LogP contribution in [0.15, 0.2) is 30.3 Å². The van der Waals surface area contributed by atoms with Crippen LogP contribution < -0.4 is 10.6 Å². The van der Waals surface area contributed by atoms with Gasteiger partial charge in [-0.05, 0) is 18.4 Å². The number of hydrogen-bond donors (Lipinski definition) is 3. The molecule has 2 rings (SSSR count). The number of carbonyl (C=O) groups is 2. The lowest BCUT2D eigenvalue weighted by atomic mass is 9.97. The molecule has 0 heterocycles. The molecule has 2 amide bonds. The fraction of sp³-hybridized carbons (Fsp3) is 0.556. The van der Waals surface area contributed by atoms with E-state index in [1.54, 1.807) is 0 Å². The number of rotatable bonds is 5. The highest BCUT2D eigenvalue weighted by Crippen LogP contribution is 2.17. The topological polar surface area (TPSA) is 78.4 Å². The number of carbonyl (C=O) groups excluding carboxylic acids is 1. The lowest BCUT2D eigenvalue weighted by Crippen LogP contribution is -2.50. The van der Waals surface area contributed by atoms with Crippen molar-refractivity contribution in [2.75, 3.05) is 0 Å². The Balaban J connectivity index is 1.86. The first-order chi connectivity index (χ1) is 11.1. The average Bonchev–Trinajstić information content (AvgIpc) is 2.50. The lowest BCUT2D eigenvalue weighted by molar-refractivity contribution is -0.139. The molecule has 0 aliphatic heterocycles. The number of aliphatic carboxylic acids is 1. The number of benzene rings is 1. The van der Waals surface area contributed by atoms with Crippen molar-refractivity contribution < 1.29 is 14.7 Å². The first-order valence-corrected chi connectivity index (χ1v) is 8.49. The maximum Gasteiger partial charge on any atom is 0.326 e. The van der Waals surface area contributed by atoms with Crippen LogP contribution in [-0.2, 0) is 11.2 Å². The summed E-state index contributed by atoms with van der Waals surface area (Å²) in [5.74, 6) is -1.01. The van der Waals surface area contributed by atoms with E-state index in [4.69, 9.17) is 0 Å². The standard InChI is InChI=1S/C18H26N2O3/c21-17(22)16(13-14-9-5-4-6-10-14)20-18(23)19-15-11-7-2-1-3-8-12-15/h4-6,9-10,15-16H,1-3,7-8,11-13H2,(H,21,22)(H2,19,20,23). The van der Waals surface area contributed by atoms with Gasteiger partial charge in [0.25, 0.3) is 0 Å². The lowest BCUT2D eigenvalue weighted by Gasteiger charge is -2.22. The molecule has 1 fully saturated rings. The van der Waals surface area contributed by atoms with E-state index in [2.05, 4.69) is 10.6 Å². The molecule has 3 N–H and O–H groups in total. The van der Waals surface area contributed by atoms with Gasteiger partial charge in [0.2, 0.25) is 0 Å². The molecule has 1 aromatic carbocycles. The second-order valence-electron chi connectivity index (χ2n) is 6.24. The maximum absolute atomic E-state index is 12.1. The van der Waals surface area contributed by atoms with Gasteiger partial charge in [-0.25, -0.2) is 9.59 Å². The third-order valence-electron chi connectivity index (χ3n) is 4.33. The Hall–Kier alpha value is -2.04. The molecule has 0 radical (unpaired) electrons. The van der Waals surface area contributed by atoms with Crippen LogP contribution in [0.5, 0.6) is 0 Å². The van der Waals surface area contributed by atoms with Crippen molar-refractivity contribution >= 4 is 12.0 Å². The Labute approximate surface area is 137 Å². The van der Waals surface area contributed by atoms with Gasteiger partial charge < -0.3 is 15.7 Å². The van der Waals surface area contributed by atoms with E-state index in [0.717, 1.165) is 31.2 Å². The zero-order valence-corrected chi connectivity index (χ0v) is 13.5. The minimum atomic E-state index is -1.01. The second kappa shape index (κ2) is 9.18. The monoisotopic (exact) mass is 318 g/mol. The summed E-state index contributed by atoms with van der Waals surface area (Å²) in [5, 5.41) is 14.9. The SMILES string of the molecule is O=C(NC1CCCCCCC1)NC(Cc1ccccc1)C(=O)O. The quantitative estimate of drug-likeness (QED) is 0.780. The number of urea groups is 1. The largest absolute Gasteiger partial charge is 0.480 e. The molecule has 1 aromatic rings. The molecular weight excluding hydrogens is 292 g/mol. The number of hydrogen-bond acceptors (Lipinski definition) is 2. The Kier molecular flexibility index (Phi) is 6.91. The Morgan fingerprint density at radius 1 is 1.04 bits per heavy atom. The summed E-state index contributed by atoms with van der Waals surface area (Å²) in [5.41, 5.74) is 0.895. The van der Waals surface area contributed by atoms with E-state index in [9.17, 15) is 14.7 Å². The van der Waals surface area contributed by atoms with Crippen molar-refractivity contribution in [1.29, 1.82) is 0 Å². The zero-order chi connectivity index (χ0) is 16.5. The number of nitrogens with one attached hydrogen (secondary N) is 2. The first-order valence-electron chi connectivity index (χ1n) is 8.49. The highest BCUT2D eigenvalue weighted by Gasteiger charge is 2.22. The van der Waals surface area contributed by atoms with Crippen LogP contribution in [0.1, 0.15) is 50.5 Å². The fourth-order valence-electron chi connectivity index (χ4n) is 3.04. The Bertz CT molecular complexity index is 496. The van der Waals surface area contributed by atoms with E-state index in [-0.39, 0.29) is 18.5 Å². The van der Waals surface area contributed by atoms with Crippen LogP contribution in [0.3, 0.4) is 0 Å². The molecule has 1 atom stereocenters. The van der Waals surface area contributed by atoms with Gasteiger partial charge in [0.1, 0.15) is 6.04 Å². The van der Waals surface area contributed by atoms with Crippen LogP contribution >= 0.6 is 0 Å². The van der Waals surface area contributed by atoms with Crippen molar-refractivity contribution in [3.63, 3.8) is 0 Å². The number of carboxylic acid groups (broad SMARTS) is 1. The van der Waals surface area contributed by atoms with Crippen molar-refractivity contribution in [2.45, 2.75) is 63.5 Å². The molecule has 0 saturated heterocycles. The maximum atomic E-state index is 12.1. The molecule has 5 heteroatoms. The third kappa shape index (κ3) is 6.30. The Morgan fingerprint density at radius 3 is 2.26 bits per heavy atom. The van der Waals surface area contributed by atoms with Crippen molar-refractivity contribution in [3.05, 3.63) is 35.9 Å². The summed E-state index contributed by atoms with van der Waals surface area (Å²) in [6.45, 7) is 0. The smallest absolute Gasteiger partial charge is 0.326 e. The minimum Gasteiger partial charge on any atom is -0.480 e. The highest BCUT2D eigenvalue weighted by molar-refractivity contribution is 5.82. The summed E-state index contributed by atoms with van der Waals surface area (Å²) < 4.78 is 0. The summed E-state index contributed by atoms with van der Waals surface area (Å²) >= 11 is 0. The van der Waals surface area contributed by atoms with Crippen molar-refractivity contribution in [1.82, 2.24) is 10.6 Å². The fourth-order valence-corrected chi connectivity index (χ4v) is 3.04. The molecule has 1 saturated carbocycles. The molecule has 0 bridgehead atoms. The van der Waals surface area contributed by atoms with Crippen molar-refractivity contribution in [3.8, 4) is 0 Å². The molecule has 0 spiro atoms.